The molecule has 0 saturated carbocycles. The van der Waals surface area contributed by atoms with Gasteiger partial charge in [-0.2, -0.15) is 13.2 Å². The number of halogens is 4. The zero-order valence-electron chi connectivity index (χ0n) is 10.5. The molecule has 1 rings (SSSR count). The Kier molecular flexibility index (Phi) is 6.06. The van der Waals surface area contributed by atoms with Crippen LogP contribution in [0.2, 0.25) is 0 Å². The topological polar surface area (TPSA) is 38.3 Å². The Morgan fingerprint density at radius 3 is 2.75 bits per heavy atom. The van der Waals surface area contributed by atoms with Crippen LogP contribution in [0.1, 0.15) is 22.3 Å². The molecule has 7 heteroatoms. The Bertz CT molecular complexity index is 489. The second-order valence-electron chi connectivity index (χ2n) is 3.83. The largest absolute Gasteiger partial charge is 0.502 e. The van der Waals surface area contributed by atoms with Crippen molar-refractivity contribution < 1.29 is 22.7 Å². The van der Waals surface area contributed by atoms with Crippen molar-refractivity contribution in [3.05, 3.63) is 46.6 Å². The number of ether oxygens (including phenoxy) is 1. The van der Waals surface area contributed by atoms with Gasteiger partial charge in [0.2, 0.25) is 0 Å². The van der Waals surface area contributed by atoms with Gasteiger partial charge in [-0.25, -0.2) is 0 Å². The molecule has 0 radical (unpaired) electrons. The maximum atomic E-state index is 12.8. The van der Waals surface area contributed by atoms with Crippen molar-refractivity contribution in [2.45, 2.75) is 12.6 Å². The van der Waals surface area contributed by atoms with Crippen molar-refractivity contribution in [1.29, 1.82) is 0 Å². The van der Waals surface area contributed by atoms with E-state index in [1.807, 2.05) is 0 Å². The first-order valence-electron chi connectivity index (χ1n) is 5.73. The van der Waals surface area contributed by atoms with Crippen LogP contribution in [-0.2, 0) is 10.9 Å². The lowest BCUT2D eigenvalue weighted by molar-refractivity contribution is -0.138. The van der Waals surface area contributed by atoms with Crippen LogP contribution in [0.25, 0.3) is 0 Å². The smallest absolute Gasteiger partial charge is 0.417 e. The predicted molar refractivity (Wildman–Crippen MR) is 72.2 cm³/mol. The number of carbonyl (C=O) groups excluding carboxylic acids is 1. The van der Waals surface area contributed by atoms with Gasteiger partial charge in [0.05, 0.1) is 24.0 Å². The highest BCUT2D eigenvalue weighted by atomic mass is 79.9. The highest BCUT2D eigenvalue weighted by molar-refractivity contribution is 9.10. The fraction of sp³-hybridized carbons (Fsp3) is 0.308. The van der Waals surface area contributed by atoms with E-state index in [-0.39, 0.29) is 11.0 Å². The van der Waals surface area contributed by atoms with E-state index in [1.165, 1.54) is 12.3 Å². The van der Waals surface area contributed by atoms with Gasteiger partial charge in [-0.1, -0.05) is 22.5 Å². The van der Waals surface area contributed by atoms with Gasteiger partial charge in [-0.3, -0.25) is 4.79 Å². The van der Waals surface area contributed by atoms with Crippen molar-refractivity contribution in [2.24, 2.45) is 0 Å². The fourth-order valence-electron chi connectivity index (χ4n) is 1.48. The molecule has 0 aliphatic rings. The minimum atomic E-state index is -4.58. The maximum absolute atomic E-state index is 12.8. The van der Waals surface area contributed by atoms with E-state index in [0.29, 0.717) is 13.0 Å². The molecule has 0 aliphatic heterocycles. The average molecular weight is 352 g/mol. The van der Waals surface area contributed by atoms with Crippen molar-refractivity contribution >= 4 is 21.8 Å². The SMILES string of the molecule is C=COCCCNC(=O)c1ccc(Br)cc1C(F)(F)F. The van der Waals surface area contributed by atoms with Crippen LogP contribution in [0.4, 0.5) is 13.2 Å². The minimum absolute atomic E-state index is 0.222. The van der Waals surface area contributed by atoms with Crippen LogP contribution in [-0.4, -0.2) is 19.1 Å². The number of amides is 1. The highest BCUT2D eigenvalue weighted by Gasteiger charge is 2.35. The molecule has 0 aliphatic carbocycles. The van der Waals surface area contributed by atoms with Gasteiger partial charge in [-0.15, -0.1) is 0 Å². The van der Waals surface area contributed by atoms with Crippen molar-refractivity contribution in [1.82, 2.24) is 5.32 Å². The van der Waals surface area contributed by atoms with Crippen molar-refractivity contribution in [2.75, 3.05) is 13.2 Å². The third kappa shape index (κ3) is 4.88. The minimum Gasteiger partial charge on any atom is -0.502 e. The average Bonchev–Trinajstić information content (AvgIpc) is 2.37. The lowest BCUT2D eigenvalue weighted by atomic mass is 10.1. The van der Waals surface area contributed by atoms with E-state index in [9.17, 15) is 18.0 Å². The first-order valence-corrected chi connectivity index (χ1v) is 6.53. The van der Waals surface area contributed by atoms with E-state index in [4.69, 9.17) is 4.74 Å². The molecule has 0 saturated heterocycles. The molecule has 0 heterocycles. The molecule has 1 N–H and O–H groups in total. The summed E-state index contributed by atoms with van der Waals surface area (Å²) in [6.07, 6.45) is -2.84. The van der Waals surface area contributed by atoms with Crippen LogP contribution in [0.5, 0.6) is 0 Å². The molecule has 0 unspecified atom stereocenters. The fourth-order valence-corrected chi connectivity index (χ4v) is 1.85. The Morgan fingerprint density at radius 1 is 1.45 bits per heavy atom. The Balaban J connectivity index is 2.75. The first-order chi connectivity index (χ1) is 9.36. The molecule has 1 aromatic rings. The zero-order chi connectivity index (χ0) is 15.2. The summed E-state index contributed by atoms with van der Waals surface area (Å²) in [7, 11) is 0. The second kappa shape index (κ2) is 7.33. The molecule has 0 fully saturated rings. The second-order valence-corrected chi connectivity index (χ2v) is 4.75. The van der Waals surface area contributed by atoms with Gasteiger partial charge >= 0.3 is 6.18 Å². The van der Waals surface area contributed by atoms with E-state index in [1.54, 1.807) is 0 Å². The van der Waals surface area contributed by atoms with Crippen LogP contribution in [0.15, 0.2) is 35.5 Å². The summed E-state index contributed by atoms with van der Waals surface area (Å²) in [6, 6.07) is 3.42. The van der Waals surface area contributed by atoms with Gasteiger partial charge in [0.1, 0.15) is 0 Å². The van der Waals surface area contributed by atoms with Crippen molar-refractivity contribution in [3.63, 3.8) is 0 Å². The molecular formula is C13H13BrF3NO2. The summed E-state index contributed by atoms with van der Waals surface area (Å²) in [5, 5.41) is 2.42. The van der Waals surface area contributed by atoms with Crippen molar-refractivity contribution in [3.8, 4) is 0 Å². The molecule has 110 valence electrons. The van der Waals surface area contributed by atoms with Gasteiger partial charge in [0.25, 0.3) is 5.91 Å². The summed E-state index contributed by atoms with van der Waals surface area (Å²) in [5.74, 6) is -0.761. The molecule has 0 bridgehead atoms. The van der Waals surface area contributed by atoms with E-state index >= 15 is 0 Å². The lowest BCUT2D eigenvalue weighted by Gasteiger charge is -2.13. The highest BCUT2D eigenvalue weighted by Crippen LogP contribution is 2.33. The van der Waals surface area contributed by atoms with E-state index in [0.717, 1.165) is 12.1 Å². The Morgan fingerprint density at radius 2 is 2.15 bits per heavy atom. The lowest BCUT2D eigenvalue weighted by Crippen LogP contribution is -2.27. The van der Waals surface area contributed by atoms with E-state index in [2.05, 4.69) is 27.8 Å². The summed E-state index contributed by atoms with van der Waals surface area (Å²) in [4.78, 5) is 11.8. The molecule has 3 nitrogen and oxygen atoms in total. The molecule has 20 heavy (non-hydrogen) atoms. The van der Waals surface area contributed by atoms with Gasteiger partial charge < -0.3 is 10.1 Å². The molecule has 0 atom stereocenters. The van der Waals surface area contributed by atoms with Gasteiger partial charge in [0.15, 0.2) is 0 Å². The number of hydrogen-bond donors (Lipinski definition) is 1. The first kappa shape index (κ1) is 16.6. The summed E-state index contributed by atoms with van der Waals surface area (Å²) in [6.45, 7) is 3.91. The number of rotatable bonds is 6. The van der Waals surface area contributed by atoms with Crippen LogP contribution in [0, 0.1) is 0 Å². The Labute approximate surface area is 122 Å². The molecule has 1 amide bonds. The van der Waals surface area contributed by atoms with Crippen LogP contribution >= 0.6 is 15.9 Å². The number of alkyl halides is 3. The summed E-state index contributed by atoms with van der Waals surface area (Å²) < 4.78 is 43.6. The third-order valence-corrected chi connectivity index (χ3v) is 2.87. The standard InChI is InChI=1S/C13H13BrF3NO2/c1-2-20-7-3-6-18-12(19)10-5-4-9(14)8-11(10)13(15,16)17/h2,4-5,8H,1,3,6-7H2,(H,18,19). The van der Waals surface area contributed by atoms with Crippen LogP contribution in [0.3, 0.4) is 0 Å². The molecule has 0 aromatic heterocycles. The zero-order valence-corrected chi connectivity index (χ0v) is 12.1. The van der Waals surface area contributed by atoms with Gasteiger partial charge in [0, 0.05) is 11.0 Å². The predicted octanol–water partition coefficient (Wildman–Crippen LogP) is 3.75. The number of nitrogens with one attached hydrogen (secondary N) is 1. The normalized spacial score (nSPS) is 11.0. The summed E-state index contributed by atoms with van der Waals surface area (Å²) in [5.41, 5.74) is -1.36. The summed E-state index contributed by atoms with van der Waals surface area (Å²) >= 11 is 2.96. The number of benzene rings is 1. The molecular weight excluding hydrogens is 339 g/mol. The Hall–Kier alpha value is -1.50. The quantitative estimate of drug-likeness (QED) is 0.626. The third-order valence-electron chi connectivity index (χ3n) is 2.37. The molecule has 0 spiro atoms. The maximum Gasteiger partial charge on any atom is 0.417 e. The van der Waals surface area contributed by atoms with Crippen LogP contribution < -0.4 is 5.32 Å². The monoisotopic (exact) mass is 351 g/mol. The number of carbonyl (C=O) groups is 1. The number of hydrogen-bond acceptors (Lipinski definition) is 2. The van der Waals surface area contributed by atoms with E-state index < -0.39 is 23.2 Å². The van der Waals surface area contributed by atoms with Gasteiger partial charge in [-0.05, 0) is 24.6 Å². The molecule has 1 aromatic carbocycles.